The van der Waals surface area contributed by atoms with Gasteiger partial charge in [0.2, 0.25) is 5.96 Å². The van der Waals surface area contributed by atoms with E-state index >= 15 is 0 Å². The van der Waals surface area contributed by atoms with Crippen molar-refractivity contribution < 1.29 is 18.3 Å². The number of carbonyl (C=O) groups is 1. The van der Waals surface area contributed by atoms with Gasteiger partial charge in [0.1, 0.15) is 0 Å². The largest absolute Gasteiger partial charge is 0.481 e. The average Bonchev–Trinajstić information content (AvgIpc) is 2.71. The van der Waals surface area contributed by atoms with Crippen LogP contribution in [0.2, 0.25) is 0 Å². The summed E-state index contributed by atoms with van der Waals surface area (Å²) in [6.45, 7) is 4.34. The van der Waals surface area contributed by atoms with Gasteiger partial charge in [-0.2, -0.15) is 8.42 Å². The number of hydrogen-bond donors (Lipinski definition) is 4. The number of aliphatic carboxylic acids is 1. The Morgan fingerprint density at radius 2 is 2.00 bits per heavy atom. The van der Waals surface area contributed by atoms with Crippen LogP contribution in [0.25, 0.3) is 5.57 Å². The molecule has 1 aromatic heterocycles. The highest BCUT2D eigenvalue weighted by Crippen LogP contribution is 2.26. The molecule has 0 spiro atoms. The van der Waals surface area contributed by atoms with E-state index in [4.69, 9.17) is 10.2 Å². The molecule has 0 saturated heterocycles. The molecule has 0 saturated carbocycles. The zero-order chi connectivity index (χ0) is 23.6. The summed E-state index contributed by atoms with van der Waals surface area (Å²) in [4.78, 5) is 19.3. The SMILES string of the molecule is CC(C)CN=C(Nc1cccc(C(=CCCCC(=O)O)c2cccnc2)c1)NS(N)(=O)=O. The second-order valence-electron chi connectivity index (χ2n) is 7.58. The first-order valence-corrected chi connectivity index (χ1v) is 11.7. The summed E-state index contributed by atoms with van der Waals surface area (Å²) in [6.07, 6.45) is 6.59. The molecule has 0 amide bonds. The summed E-state index contributed by atoms with van der Waals surface area (Å²) in [5.74, 6) is -0.568. The molecule has 0 aliphatic heterocycles. The number of benzene rings is 1. The number of unbranched alkanes of at least 4 members (excludes halogenated alkanes) is 1. The molecule has 0 aliphatic rings. The first kappa shape index (κ1) is 25.0. The maximum atomic E-state index is 11.5. The lowest BCUT2D eigenvalue weighted by Gasteiger charge is -2.14. The normalized spacial score (nSPS) is 12.6. The summed E-state index contributed by atoms with van der Waals surface area (Å²) in [5.41, 5.74) is 3.25. The number of aromatic nitrogens is 1. The van der Waals surface area contributed by atoms with Gasteiger partial charge in [-0.25, -0.2) is 9.86 Å². The van der Waals surface area contributed by atoms with Crippen molar-refractivity contribution in [1.82, 2.24) is 9.71 Å². The smallest absolute Gasteiger partial charge is 0.303 e. The Balaban J connectivity index is 2.34. The van der Waals surface area contributed by atoms with Crippen LogP contribution < -0.4 is 15.2 Å². The summed E-state index contributed by atoms with van der Waals surface area (Å²) in [7, 11) is -3.99. The quantitative estimate of drug-likeness (QED) is 0.244. The van der Waals surface area contributed by atoms with E-state index in [1.807, 2.05) is 50.3 Å². The molecule has 0 unspecified atom stereocenters. The van der Waals surface area contributed by atoms with E-state index in [0.29, 0.717) is 25.1 Å². The second-order valence-corrected chi connectivity index (χ2v) is 8.88. The molecule has 2 aromatic rings. The van der Waals surface area contributed by atoms with Gasteiger partial charge in [-0.15, -0.1) is 0 Å². The van der Waals surface area contributed by atoms with Crippen LogP contribution in [0.3, 0.4) is 0 Å². The van der Waals surface area contributed by atoms with E-state index in [9.17, 15) is 13.2 Å². The summed E-state index contributed by atoms with van der Waals surface area (Å²) >= 11 is 0. The van der Waals surface area contributed by atoms with E-state index in [1.54, 1.807) is 18.5 Å². The summed E-state index contributed by atoms with van der Waals surface area (Å²) in [5, 5.41) is 17.0. The molecule has 32 heavy (non-hydrogen) atoms. The van der Waals surface area contributed by atoms with E-state index in [0.717, 1.165) is 16.7 Å². The average molecular weight is 460 g/mol. The van der Waals surface area contributed by atoms with Crippen molar-refractivity contribution in [3.05, 3.63) is 66.0 Å². The molecule has 1 heterocycles. The van der Waals surface area contributed by atoms with Gasteiger partial charge in [-0.05, 0) is 48.1 Å². The fourth-order valence-electron chi connectivity index (χ4n) is 2.83. The number of carboxylic acid groups (broad SMARTS) is 1. The standard InChI is InChI=1S/C22H29N5O4S/c1-16(2)14-25-22(27-32(23,30)31)26-19-9-5-7-17(13-19)20(10-3-4-11-21(28)29)18-8-6-12-24-15-18/h5-10,12-13,15-16H,3-4,11,14H2,1-2H3,(H,28,29)(H2,23,30,31)(H2,25,26,27). The van der Waals surface area contributed by atoms with E-state index in [-0.39, 0.29) is 18.3 Å². The van der Waals surface area contributed by atoms with Crippen molar-refractivity contribution in [3.63, 3.8) is 0 Å². The van der Waals surface area contributed by atoms with Gasteiger partial charge in [0.05, 0.1) is 0 Å². The molecule has 1 aromatic carbocycles. The van der Waals surface area contributed by atoms with E-state index in [2.05, 4.69) is 20.0 Å². The Morgan fingerprint density at radius 3 is 2.62 bits per heavy atom. The molecule has 0 atom stereocenters. The number of nitrogens with two attached hydrogens (primary N) is 1. The van der Waals surface area contributed by atoms with Gasteiger partial charge in [0, 0.05) is 36.6 Å². The number of carboxylic acids is 1. The van der Waals surface area contributed by atoms with Gasteiger partial charge >= 0.3 is 5.97 Å². The Kier molecular flexibility index (Phi) is 9.36. The number of pyridine rings is 1. The van der Waals surface area contributed by atoms with E-state index in [1.165, 1.54) is 0 Å². The molecule has 2 rings (SSSR count). The zero-order valence-corrected chi connectivity index (χ0v) is 19.0. The number of allylic oxidation sites excluding steroid dienone is 1. The topological polar surface area (TPSA) is 147 Å². The Hall–Kier alpha value is -3.24. The van der Waals surface area contributed by atoms with Gasteiger partial charge < -0.3 is 10.4 Å². The predicted molar refractivity (Wildman–Crippen MR) is 126 cm³/mol. The molecule has 9 nitrogen and oxygen atoms in total. The zero-order valence-electron chi connectivity index (χ0n) is 18.2. The monoisotopic (exact) mass is 459 g/mol. The molecule has 0 bridgehead atoms. The highest BCUT2D eigenvalue weighted by atomic mass is 32.2. The van der Waals surface area contributed by atoms with Crippen LogP contribution in [0.4, 0.5) is 5.69 Å². The van der Waals surface area contributed by atoms with Gasteiger partial charge in [0.25, 0.3) is 10.2 Å². The number of anilines is 1. The Morgan fingerprint density at radius 1 is 1.25 bits per heavy atom. The van der Waals surface area contributed by atoms with Crippen molar-refractivity contribution in [1.29, 1.82) is 0 Å². The van der Waals surface area contributed by atoms with Crippen LogP contribution in [0.5, 0.6) is 0 Å². The molecular formula is C22H29N5O4S. The first-order chi connectivity index (χ1) is 15.1. The van der Waals surface area contributed by atoms with E-state index < -0.39 is 16.2 Å². The number of hydrogen-bond acceptors (Lipinski definition) is 5. The van der Waals surface area contributed by atoms with Gasteiger partial charge in [0.15, 0.2) is 0 Å². The van der Waals surface area contributed by atoms with Crippen LogP contribution in [0.1, 0.15) is 44.2 Å². The number of aliphatic imine (C=N–C) groups is 1. The van der Waals surface area contributed by atoms with Crippen LogP contribution in [0.15, 0.2) is 59.9 Å². The van der Waals surface area contributed by atoms with Crippen molar-refractivity contribution >= 4 is 33.4 Å². The molecule has 0 radical (unpaired) electrons. The van der Waals surface area contributed by atoms with Crippen LogP contribution in [0, 0.1) is 5.92 Å². The van der Waals surface area contributed by atoms with Crippen LogP contribution >= 0.6 is 0 Å². The lowest BCUT2D eigenvalue weighted by molar-refractivity contribution is -0.137. The van der Waals surface area contributed by atoms with Crippen molar-refractivity contribution in [2.45, 2.75) is 33.1 Å². The molecular weight excluding hydrogens is 430 g/mol. The minimum absolute atomic E-state index is 0.0340. The van der Waals surface area contributed by atoms with Gasteiger partial charge in [-0.3, -0.25) is 14.8 Å². The van der Waals surface area contributed by atoms with Crippen molar-refractivity contribution in [3.8, 4) is 0 Å². The molecule has 10 heteroatoms. The predicted octanol–water partition coefficient (Wildman–Crippen LogP) is 2.99. The van der Waals surface area contributed by atoms with Crippen LogP contribution in [-0.2, 0) is 15.0 Å². The Bertz CT molecular complexity index is 1070. The number of nitrogens with zero attached hydrogens (tertiary/aromatic N) is 2. The number of nitrogens with one attached hydrogen (secondary N) is 2. The highest BCUT2D eigenvalue weighted by molar-refractivity contribution is 7.87. The number of guanidine groups is 1. The minimum atomic E-state index is -3.99. The molecule has 0 aliphatic carbocycles. The Labute approximate surface area is 188 Å². The third kappa shape index (κ3) is 9.27. The maximum Gasteiger partial charge on any atom is 0.303 e. The third-order valence-electron chi connectivity index (χ3n) is 4.21. The van der Waals surface area contributed by atoms with Crippen molar-refractivity contribution in [2.75, 3.05) is 11.9 Å². The molecule has 5 N–H and O–H groups in total. The fraction of sp³-hybridized carbons (Fsp3) is 0.318. The third-order valence-corrected chi connectivity index (χ3v) is 4.68. The minimum Gasteiger partial charge on any atom is -0.481 e. The lowest BCUT2D eigenvalue weighted by Crippen LogP contribution is -2.40. The number of rotatable bonds is 10. The molecule has 0 fully saturated rings. The summed E-state index contributed by atoms with van der Waals surface area (Å²) in [6, 6.07) is 11.1. The van der Waals surface area contributed by atoms with Gasteiger partial charge in [-0.1, -0.05) is 38.1 Å². The highest BCUT2D eigenvalue weighted by Gasteiger charge is 2.10. The van der Waals surface area contributed by atoms with Crippen molar-refractivity contribution in [2.24, 2.45) is 16.0 Å². The maximum absolute atomic E-state index is 11.5. The first-order valence-electron chi connectivity index (χ1n) is 10.2. The lowest BCUT2D eigenvalue weighted by atomic mass is 9.97. The second kappa shape index (κ2) is 12.0. The fourth-order valence-corrected chi connectivity index (χ4v) is 3.22. The molecule has 172 valence electrons. The van der Waals surface area contributed by atoms with Crippen LogP contribution in [-0.4, -0.2) is 37.0 Å². The summed E-state index contributed by atoms with van der Waals surface area (Å²) < 4.78 is 25.2.